The van der Waals surface area contributed by atoms with Crippen LogP contribution in [-0.2, 0) is 0 Å². The van der Waals surface area contributed by atoms with Crippen LogP contribution in [0.2, 0.25) is 0 Å². The molecule has 62 valence electrons. The summed E-state index contributed by atoms with van der Waals surface area (Å²) >= 11 is 0. The Morgan fingerprint density at radius 2 is 1.80 bits per heavy atom. The van der Waals surface area contributed by atoms with Crippen LogP contribution in [0, 0.1) is 11.8 Å². The Labute approximate surface area is 62.9 Å². The Morgan fingerprint density at radius 1 is 1.30 bits per heavy atom. The Kier molecular flexibility index (Phi) is 4.65. The monoisotopic (exact) mass is 146 g/mol. The van der Waals surface area contributed by atoms with Crippen LogP contribution in [0.4, 0.5) is 0 Å². The van der Waals surface area contributed by atoms with Gasteiger partial charge in [-0.1, -0.05) is 27.2 Å². The fourth-order valence-electron chi connectivity index (χ4n) is 1.32. The van der Waals surface area contributed by atoms with E-state index in [1.165, 1.54) is 0 Å². The van der Waals surface area contributed by atoms with Gasteiger partial charge in [-0.2, -0.15) is 0 Å². The molecular formula is C8H18O2. The van der Waals surface area contributed by atoms with Gasteiger partial charge in [-0.05, 0) is 11.8 Å². The van der Waals surface area contributed by atoms with E-state index in [1.807, 2.05) is 6.92 Å². The van der Waals surface area contributed by atoms with Crippen LogP contribution in [0.1, 0.15) is 27.2 Å². The van der Waals surface area contributed by atoms with E-state index in [2.05, 4.69) is 13.8 Å². The highest BCUT2D eigenvalue weighted by molar-refractivity contribution is 4.69. The number of hydrogen-bond donors (Lipinski definition) is 2. The van der Waals surface area contributed by atoms with E-state index in [-0.39, 0.29) is 12.5 Å². The fraction of sp³-hybridized carbons (Fsp3) is 1.00. The lowest BCUT2D eigenvalue weighted by Gasteiger charge is -2.23. The summed E-state index contributed by atoms with van der Waals surface area (Å²) in [5, 5.41) is 17.9. The van der Waals surface area contributed by atoms with E-state index in [9.17, 15) is 5.11 Å². The molecule has 0 aromatic heterocycles. The lowest BCUT2D eigenvalue weighted by molar-refractivity contribution is 0.0275. The van der Waals surface area contributed by atoms with Gasteiger partial charge in [0.15, 0.2) is 0 Å². The SMILES string of the molecule is CC[C@@H](C(C)C)[C@H](O)CO. The first kappa shape index (κ1) is 9.92. The molecule has 0 aromatic carbocycles. The highest BCUT2D eigenvalue weighted by Crippen LogP contribution is 2.18. The molecule has 0 aliphatic heterocycles. The summed E-state index contributed by atoms with van der Waals surface area (Å²) in [6.45, 7) is 6.04. The standard InChI is InChI=1S/C8H18O2/c1-4-7(6(2)3)8(10)5-9/h6-10H,4-5H2,1-3H3/t7-,8+/m0/s1. The molecule has 0 aliphatic carbocycles. The van der Waals surface area contributed by atoms with Crippen LogP contribution in [-0.4, -0.2) is 22.9 Å². The maximum Gasteiger partial charge on any atom is 0.0801 e. The minimum absolute atomic E-state index is 0.114. The number of aliphatic hydroxyl groups excluding tert-OH is 2. The van der Waals surface area contributed by atoms with Gasteiger partial charge >= 0.3 is 0 Å². The largest absolute Gasteiger partial charge is 0.394 e. The molecule has 0 heterocycles. The third-order valence-corrected chi connectivity index (χ3v) is 2.01. The lowest BCUT2D eigenvalue weighted by Crippen LogP contribution is -2.27. The van der Waals surface area contributed by atoms with Crippen molar-refractivity contribution < 1.29 is 10.2 Å². The summed E-state index contributed by atoms with van der Waals surface area (Å²) in [5.41, 5.74) is 0. The zero-order valence-corrected chi connectivity index (χ0v) is 7.04. The van der Waals surface area contributed by atoms with Crippen molar-refractivity contribution >= 4 is 0 Å². The summed E-state index contributed by atoms with van der Waals surface area (Å²) in [6.07, 6.45) is 0.393. The molecule has 0 saturated heterocycles. The maximum absolute atomic E-state index is 9.24. The average Bonchev–Trinajstić information content (AvgIpc) is 1.88. The Balaban J connectivity index is 3.80. The van der Waals surface area contributed by atoms with Crippen molar-refractivity contribution in [1.82, 2.24) is 0 Å². The molecule has 0 rings (SSSR count). The second-order valence-electron chi connectivity index (χ2n) is 3.07. The molecule has 0 radical (unpaired) electrons. The summed E-state index contributed by atoms with van der Waals surface area (Å²) in [7, 11) is 0. The topological polar surface area (TPSA) is 40.5 Å². The smallest absolute Gasteiger partial charge is 0.0801 e. The van der Waals surface area contributed by atoms with E-state index in [1.54, 1.807) is 0 Å². The van der Waals surface area contributed by atoms with Crippen molar-refractivity contribution in [2.45, 2.75) is 33.3 Å². The van der Waals surface area contributed by atoms with Crippen LogP contribution < -0.4 is 0 Å². The van der Waals surface area contributed by atoms with Crippen LogP contribution >= 0.6 is 0 Å². The van der Waals surface area contributed by atoms with Crippen molar-refractivity contribution in [3.8, 4) is 0 Å². The van der Waals surface area contributed by atoms with Gasteiger partial charge in [0, 0.05) is 0 Å². The van der Waals surface area contributed by atoms with Gasteiger partial charge in [-0.3, -0.25) is 0 Å². The fourth-order valence-corrected chi connectivity index (χ4v) is 1.32. The zero-order chi connectivity index (χ0) is 8.15. The Morgan fingerprint density at radius 3 is 1.90 bits per heavy atom. The molecule has 0 aliphatic rings. The minimum atomic E-state index is -0.537. The van der Waals surface area contributed by atoms with E-state index in [0.717, 1.165) is 6.42 Å². The van der Waals surface area contributed by atoms with Crippen molar-refractivity contribution in [1.29, 1.82) is 0 Å². The minimum Gasteiger partial charge on any atom is -0.394 e. The van der Waals surface area contributed by atoms with Gasteiger partial charge in [0.1, 0.15) is 0 Å². The van der Waals surface area contributed by atoms with Gasteiger partial charge in [0.05, 0.1) is 12.7 Å². The highest BCUT2D eigenvalue weighted by Gasteiger charge is 2.19. The molecular weight excluding hydrogens is 128 g/mol. The normalized spacial score (nSPS) is 17.4. The second-order valence-corrected chi connectivity index (χ2v) is 3.07. The van der Waals surface area contributed by atoms with Crippen LogP contribution in [0.5, 0.6) is 0 Å². The first-order chi connectivity index (χ1) is 4.63. The molecule has 0 spiro atoms. The molecule has 2 N–H and O–H groups in total. The van der Waals surface area contributed by atoms with Crippen molar-refractivity contribution in [2.24, 2.45) is 11.8 Å². The lowest BCUT2D eigenvalue weighted by atomic mass is 9.88. The first-order valence-corrected chi connectivity index (χ1v) is 3.92. The summed E-state index contributed by atoms with van der Waals surface area (Å²) in [5.74, 6) is 0.692. The molecule has 0 fully saturated rings. The van der Waals surface area contributed by atoms with Crippen LogP contribution in [0.3, 0.4) is 0 Å². The molecule has 2 heteroatoms. The van der Waals surface area contributed by atoms with Gasteiger partial charge in [0.2, 0.25) is 0 Å². The van der Waals surface area contributed by atoms with Gasteiger partial charge < -0.3 is 10.2 Å². The Bertz CT molecular complexity index is 81.3. The van der Waals surface area contributed by atoms with Crippen molar-refractivity contribution in [2.75, 3.05) is 6.61 Å². The van der Waals surface area contributed by atoms with Crippen molar-refractivity contribution in [3.63, 3.8) is 0 Å². The molecule has 0 saturated carbocycles. The Hall–Kier alpha value is -0.0800. The van der Waals surface area contributed by atoms with Gasteiger partial charge in [-0.25, -0.2) is 0 Å². The summed E-state index contributed by atoms with van der Waals surface area (Å²) < 4.78 is 0. The first-order valence-electron chi connectivity index (χ1n) is 3.92. The van der Waals surface area contributed by atoms with Gasteiger partial charge in [0.25, 0.3) is 0 Å². The predicted molar refractivity (Wildman–Crippen MR) is 41.7 cm³/mol. The zero-order valence-electron chi connectivity index (χ0n) is 7.04. The number of hydrogen-bond acceptors (Lipinski definition) is 2. The van der Waals surface area contributed by atoms with E-state index in [4.69, 9.17) is 5.11 Å². The summed E-state index contributed by atoms with van der Waals surface area (Å²) in [6, 6.07) is 0. The van der Waals surface area contributed by atoms with E-state index < -0.39 is 6.10 Å². The highest BCUT2D eigenvalue weighted by atomic mass is 16.3. The maximum atomic E-state index is 9.24. The summed E-state index contributed by atoms with van der Waals surface area (Å²) in [4.78, 5) is 0. The van der Waals surface area contributed by atoms with Crippen LogP contribution in [0.15, 0.2) is 0 Å². The average molecular weight is 146 g/mol. The third-order valence-electron chi connectivity index (χ3n) is 2.01. The number of rotatable bonds is 4. The van der Waals surface area contributed by atoms with Crippen LogP contribution in [0.25, 0.3) is 0 Å². The van der Waals surface area contributed by atoms with Gasteiger partial charge in [-0.15, -0.1) is 0 Å². The predicted octanol–water partition coefficient (Wildman–Crippen LogP) is 1.02. The number of aliphatic hydroxyl groups is 2. The molecule has 2 nitrogen and oxygen atoms in total. The molecule has 10 heavy (non-hydrogen) atoms. The van der Waals surface area contributed by atoms with E-state index >= 15 is 0 Å². The van der Waals surface area contributed by atoms with Crippen molar-refractivity contribution in [3.05, 3.63) is 0 Å². The van der Waals surface area contributed by atoms with E-state index in [0.29, 0.717) is 5.92 Å². The second kappa shape index (κ2) is 4.69. The molecule has 0 aromatic rings. The quantitative estimate of drug-likeness (QED) is 0.621. The third kappa shape index (κ3) is 2.67. The molecule has 0 amide bonds. The molecule has 0 bridgehead atoms. The molecule has 0 unspecified atom stereocenters. The molecule has 2 atom stereocenters.